The van der Waals surface area contributed by atoms with Crippen molar-refractivity contribution in [1.29, 1.82) is 0 Å². The number of sulfonamides is 1. The molecule has 4 rings (SSSR count). The highest BCUT2D eigenvalue weighted by Crippen LogP contribution is 2.38. The van der Waals surface area contributed by atoms with Crippen LogP contribution >= 0.6 is 0 Å². The van der Waals surface area contributed by atoms with Crippen LogP contribution in [-0.4, -0.2) is 19.4 Å². The predicted octanol–water partition coefficient (Wildman–Crippen LogP) is 3.91. The molecule has 0 radical (unpaired) electrons. The minimum Gasteiger partial charge on any atom is -0.324 e. The molecule has 0 unspecified atom stereocenters. The van der Waals surface area contributed by atoms with Gasteiger partial charge < -0.3 is 5.32 Å². The molecule has 2 heterocycles. The maximum atomic E-state index is 14.9. The van der Waals surface area contributed by atoms with Crippen molar-refractivity contribution in [3.05, 3.63) is 89.0 Å². The SMILES string of the molecule is C[C@H](c1ccccc1F)c1c(F)ccc2c1NC(=NCc1ncccc1F)NS2(=O)=O. The van der Waals surface area contributed by atoms with Crippen LogP contribution in [-0.2, 0) is 16.6 Å². The summed E-state index contributed by atoms with van der Waals surface area (Å²) < 4.78 is 70.7. The van der Waals surface area contributed by atoms with Crippen molar-refractivity contribution in [3.8, 4) is 0 Å². The van der Waals surface area contributed by atoms with Gasteiger partial charge in [0.25, 0.3) is 10.0 Å². The average Bonchev–Trinajstić information content (AvgIpc) is 2.72. The van der Waals surface area contributed by atoms with Gasteiger partial charge >= 0.3 is 0 Å². The van der Waals surface area contributed by atoms with Crippen molar-refractivity contribution in [1.82, 2.24) is 9.71 Å². The number of hydrogen-bond acceptors (Lipinski definition) is 4. The fourth-order valence-electron chi connectivity index (χ4n) is 3.42. The smallest absolute Gasteiger partial charge is 0.266 e. The number of benzene rings is 2. The van der Waals surface area contributed by atoms with Crippen LogP contribution in [0, 0.1) is 17.5 Å². The summed E-state index contributed by atoms with van der Waals surface area (Å²) in [4.78, 5) is 7.71. The molecule has 0 spiro atoms. The highest BCUT2D eigenvalue weighted by atomic mass is 32.2. The van der Waals surface area contributed by atoms with Crippen LogP contribution < -0.4 is 10.0 Å². The van der Waals surface area contributed by atoms with Gasteiger partial charge in [-0.15, -0.1) is 0 Å². The van der Waals surface area contributed by atoms with Gasteiger partial charge in [-0.1, -0.05) is 25.1 Å². The summed E-state index contributed by atoms with van der Waals surface area (Å²) in [6, 6.07) is 10.7. The Balaban J connectivity index is 1.78. The van der Waals surface area contributed by atoms with Crippen molar-refractivity contribution >= 4 is 21.7 Å². The van der Waals surface area contributed by atoms with Gasteiger partial charge in [-0.3, -0.25) is 4.98 Å². The molecule has 0 bridgehead atoms. The largest absolute Gasteiger partial charge is 0.324 e. The number of aliphatic imine (C=N–C) groups is 1. The van der Waals surface area contributed by atoms with E-state index in [4.69, 9.17) is 0 Å². The molecule has 0 fully saturated rings. The summed E-state index contributed by atoms with van der Waals surface area (Å²) in [5, 5.41) is 2.77. The van der Waals surface area contributed by atoms with Gasteiger partial charge in [-0.05, 0) is 35.9 Å². The summed E-state index contributed by atoms with van der Waals surface area (Å²) >= 11 is 0. The van der Waals surface area contributed by atoms with E-state index in [1.165, 1.54) is 36.5 Å². The average molecular weight is 446 g/mol. The van der Waals surface area contributed by atoms with Gasteiger partial charge in [0, 0.05) is 17.7 Å². The van der Waals surface area contributed by atoms with E-state index in [9.17, 15) is 21.6 Å². The summed E-state index contributed by atoms with van der Waals surface area (Å²) in [5.41, 5.74) is 0.154. The van der Waals surface area contributed by atoms with Gasteiger partial charge in [-0.25, -0.2) is 31.3 Å². The molecule has 0 amide bonds. The van der Waals surface area contributed by atoms with Gasteiger partial charge in [-0.2, -0.15) is 0 Å². The van der Waals surface area contributed by atoms with Crippen LogP contribution in [0.2, 0.25) is 0 Å². The maximum absolute atomic E-state index is 14.9. The monoisotopic (exact) mass is 446 g/mol. The first-order valence-electron chi connectivity index (χ1n) is 9.28. The van der Waals surface area contributed by atoms with E-state index in [1.54, 1.807) is 13.0 Å². The molecule has 0 aliphatic carbocycles. The third kappa shape index (κ3) is 3.98. The third-order valence-electron chi connectivity index (χ3n) is 4.94. The summed E-state index contributed by atoms with van der Waals surface area (Å²) in [6.07, 6.45) is 1.38. The van der Waals surface area contributed by atoms with Crippen LogP contribution in [0.3, 0.4) is 0 Å². The van der Waals surface area contributed by atoms with Crippen molar-refractivity contribution in [2.75, 3.05) is 5.32 Å². The quantitative estimate of drug-likeness (QED) is 0.637. The fourth-order valence-corrected chi connectivity index (χ4v) is 4.58. The number of halogens is 3. The number of nitrogens with one attached hydrogen (secondary N) is 2. The van der Waals surface area contributed by atoms with Crippen molar-refractivity contribution in [2.45, 2.75) is 24.3 Å². The number of rotatable bonds is 4. The zero-order valence-corrected chi connectivity index (χ0v) is 17.1. The molecule has 3 aromatic rings. The zero-order valence-electron chi connectivity index (χ0n) is 16.2. The Labute approximate surface area is 176 Å². The predicted molar refractivity (Wildman–Crippen MR) is 110 cm³/mol. The number of anilines is 1. The molecule has 1 atom stereocenters. The van der Waals surface area contributed by atoms with Crippen LogP contribution in [0.15, 0.2) is 64.6 Å². The van der Waals surface area contributed by atoms with Crippen molar-refractivity contribution in [3.63, 3.8) is 0 Å². The molecule has 2 aromatic carbocycles. The molecule has 6 nitrogen and oxygen atoms in total. The molecule has 1 aliphatic heterocycles. The van der Waals surface area contributed by atoms with E-state index >= 15 is 0 Å². The van der Waals surface area contributed by atoms with Gasteiger partial charge in [0.2, 0.25) is 5.96 Å². The molecule has 0 saturated heterocycles. The normalized spacial score (nSPS) is 16.8. The second kappa shape index (κ2) is 8.03. The summed E-state index contributed by atoms with van der Waals surface area (Å²) in [5.74, 6) is -2.85. The summed E-state index contributed by atoms with van der Waals surface area (Å²) in [6.45, 7) is 1.33. The number of guanidine groups is 1. The first kappa shape index (κ1) is 20.9. The van der Waals surface area contributed by atoms with E-state index in [1.807, 2.05) is 0 Å². The lowest BCUT2D eigenvalue weighted by atomic mass is 9.91. The first-order valence-corrected chi connectivity index (χ1v) is 10.8. The van der Waals surface area contributed by atoms with Crippen LogP contribution in [0.4, 0.5) is 18.9 Å². The van der Waals surface area contributed by atoms with Crippen molar-refractivity contribution < 1.29 is 21.6 Å². The maximum Gasteiger partial charge on any atom is 0.266 e. The molecular weight excluding hydrogens is 429 g/mol. The van der Waals surface area contributed by atoms with Crippen LogP contribution in [0.25, 0.3) is 0 Å². The molecule has 1 aromatic heterocycles. The lowest BCUT2D eigenvalue weighted by Gasteiger charge is -2.26. The number of hydrogen-bond donors (Lipinski definition) is 2. The number of fused-ring (bicyclic) bond motifs is 1. The minimum atomic E-state index is -4.09. The highest BCUT2D eigenvalue weighted by molar-refractivity contribution is 7.90. The number of pyridine rings is 1. The molecule has 31 heavy (non-hydrogen) atoms. The standard InChI is InChI=1S/C21H17F3N4O2S/c1-12(13-5-2-3-6-14(13)22)19-16(24)8-9-18-20(19)27-21(28-31(18,29)30)26-11-17-15(23)7-4-10-25-17/h2-10,12H,11H2,1H3,(H2,26,27,28)/t12-/m1/s1. The summed E-state index contributed by atoms with van der Waals surface area (Å²) in [7, 11) is -4.09. The first-order chi connectivity index (χ1) is 14.8. The van der Waals surface area contributed by atoms with Gasteiger partial charge in [0.1, 0.15) is 22.3 Å². The topological polar surface area (TPSA) is 83.4 Å². The molecule has 0 saturated carbocycles. The minimum absolute atomic E-state index is 0.0148. The van der Waals surface area contributed by atoms with E-state index in [0.717, 1.165) is 12.1 Å². The molecule has 1 aliphatic rings. The Morgan fingerprint density at radius 1 is 1.00 bits per heavy atom. The number of aromatic nitrogens is 1. The Morgan fingerprint density at radius 3 is 2.48 bits per heavy atom. The molecular formula is C21H17F3N4O2S. The lowest BCUT2D eigenvalue weighted by molar-refractivity contribution is 0.577. The Bertz CT molecular complexity index is 1300. The van der Waals surface area contributed by atoms with Crippen molar-refractivity contribution in [2.24, 2.45) is 4.99 Å². The van der Waals surface area contributed by atoms with Crippen LogP contribution in [0.5, 0.6) is 0 Å². The zero-order chi connectivity index (χ0) is 22.2. The van der Waals surface area contributed by atoms with Crippen LogP contribution in [0.1, 0.15) is 29.7 Å². The molecule has 160 valence electrons. The van der Waals surface area contributed by atoms with E-state index in [0.29, 0.717) is 0 Å². The molecule has 2 N–H and O–H groups in total. The highest BCUT2D eigenvalue weighted by Gasteiger charge is 2.32. The fraction of sp³-hybridized carbons (Fsp3) is 0.143. The van der Waals surface area contributed by atoms with E-state index in [-0.39, 0.29) is 39.9 Å². The Kier molecular flexibility index (Phi) is 5.40. The number of nitrogens with zero attached hydrogens (tertiary/aromatic N) is 2. The van der Waals surface area contributed by atoms with Gasteiger partial charge in [0.05, 0.1) is 17.9 Å². The van der Waals surface area contributed by atoms with Gasteiger partial charge in [0.15, 0.2) is 0 Å². The third-order valence-corrected chi connectivity index (χ3v) is 6.33. The molecule has 10 heteroatoms. The Morgan fingerprint density at radius 2 is 1.74 bits per heavy atom. The van der Waals surface area contributed by atoms with E-state index in [2.05, 4.69) is 20.0 Å². The second-order valence-electron chi connectivity index (χ2n) is 6.90. The lowest BCUT2D eigenvalue weighted by Crippen LogP contribution is -2.41. The van der Waals surface area contributed by atoms with E-state index < -0.39 is 33.4 Å². The Hall–Kier alpha value is -3.40. The second-order valence-corrected chi connectivity index (χ2v) is 8.56.